The number of carbonyl (C=O) groups excluding carboxylic acids is 1. The molecule has 1 unspecified atom stereocenters. The average Bonchev–Trinajstić information content (AvgIpc) is 2.93. The Balaban J connectivity index is 2.86. The van der Waals surface area contributed by atoms with Crippen LogP contribution in [0.1, 0.15) is 36.5 Å². The molecule has 0 fully saturated rings. The number of hydrogen-bond acceptors (Lipinski definition) is 5. The third-order valence-electron chi connectivity index (χ3n) is 3.02. The van der Waals surface area contributed by atoms with Crippen LogP contribution in [0.2, 0.25) is 0 Å². The van der Waals surface area contributed by atoms with Crippen molar-refractivity contribution >= 4 is 21.9 Å². The molecule has 1 aromatic rings. The summed E-state index contributed by atoms with van der Waals surface area (Å²) in [4.78, 5) is 23.1. The van der Waals surface area contributed by atoms with Gasteiger partial charge < -0.3 is 14.8 Å². The van der Waals surface area contributed by atoms with E-state index in [0.717, 1.165) is 23.1 Å². The molecule has 1 aromatic heterocycles. The average molecular weight is 332 g/mol. The van der Waals surface area contributed by atoms with Crippen molar-refractivity contribution in [2.45, 2.75) is 37.3 Å². The molecule has 0 aliphatic rings. The smallest absolute Gasteiger partial charge is 0.326 e. The molecule has 0 aliphatic carbocycles. The van der Waals surface area contributed by atoms with Crippen LogP contribution < -0.4 is 5.32 Å². The molecule has 1 amide bonds. The third-order valence-corrected chi connectivity index (χ3v) is 4.71. The number of nitrogens with one attached hydrogen (secondary N) is 1. The Morgan fingerprint density at radius 1 is 1.41 bits per heavy atom. The van der Waals surface area contributed by atoms with Crippen LogP contribution in [0.3, 0.4) is 0 Å². The number of nitrogens with zero attached hydrogens (tertiary/aromatic N) is 1. The number of furan rings is 1. The maximum atomic E-state index is 12.0. The van der Waals surface area contributed by atoms with E-state index in [-0.39, 0.29) is 10.7 Å². The van der Waals surface area contributed by atoms with Gasteiger partial charge in [0.1, 0.15) is 12.3 Å². The molecule has 0 radical (unpaired) electrons. The summed E-state index contributed by atoms with van der Waals surface area (Å²) in [6.07, 6.45) is 2.75. The molecule has 0 bridgehead atoms. The van der Waals surface area contributed by atoms with E-state index in [1.807, 2.05) is 6.92 Å². The van der Waals surface area contributed by atoms with Crippen LogP contribution in [0, 0.1) is 0 Å². The van der Waals surface area contributed by atoms with Crippen molar-refractivity contribution in [3.05, 3.63) is 17.9 Å². The highest BCUT2D eigenvalue weighted by molar-refractivity contribution is 7.88. The lowest BCUT2D eigenvalue weighted by Crippen LogP contribution is -2.40. The molecule has 1 atom stereocenters. The predicted octanol–water partition coefficient (Wildman–Crippen LogP) is 0.903. The number of rotatable bonds is 8. The molecule has 1 heterocycles. The maximum Gasteiger partial charge on any atom is 0.326 e. The summed E-state index contributed by atoms with van der Waals surface area (Å²) in [6.45, 7) is 1.91. The summed E-state index contributed by atoms with van der Waals surface area (Å²) in [5, 5.41) is 11.0. The highest BCUT2D eigenvalue weighted by Gasteiger charge is 2.25. The van der Waals surface area contributed by atoms with Gasteiger partial charge in [0.25, 0.3) is 15.9 Å². The summed E-state index contributed by atoms with van der Waals surface area (Å²) < 4.78 is 29.5. The Hall–Kier alpha value is -1.87. The van der Waals surface area contributed by atoms with Crippen molar-refractivity contribution in [2.75, 3.05) is 14.1 Å². The molecule has 0 saturated carbocycles. The lowest BCUT2D eigenvalue weighted by molar-refractivity contribution is -0.139. The van der Waals surface area contributed by atoms with Gasteiger partial charge in [0, 0.05) is 20.2 Å². The fourth-order valence-corrected chi connectivity index (χ4v) is 2.46. The predicted molar refractivity (Wildman–Crippen MR) is 78.0 cm³/mol. The van der Waals surface area contributed by atoms with Crippen LogP contribution in [0.15, 0.2) is 21.8 Å². The number of hydrogen-bond donors (Lipinski definition) is 2. The van der Waals surface area contributed by atoms with Crippen LogP contribution in [0.4, 0.5) is 0 Å². The monoisotopic (exact) mass is 332 g/mol. The molecule has 2 N–H and O–H groups in total. The van der Waals surface area contributed by atoms with E-state index in [1.165, 1.54) is 14.1 Å². The largest absolute Gasteiger partial charge is 0.480 e. The summed E-state index contributed by atoms with van der Waals surface area (Å²) in [7, 11) is -1.11. The van der Waals surface area contributed by atoms with Crippen molar-refractivity contribution in [2.24, 2.45) is 0 Å². The second kappa shape index (κ2) is 7.41. The molecular weight excluding hydrogens is 312 g/mol. The van der Waals surface area contributed by atoms with Crippen LogP contribution in [0.5, 0.6) is 0 Å². The fourth-order valence-electron chi connectivity index (χ4n) is 1.66. The second-order valence-electron chi connectivity index (χ2n) is 4.95. The van der Waals surface area contributed by atoms with E-state index in [4.69, 9.17) is 9.52 Å². The highest BCUT2D eigenvalue weighted by atomic mass is 32.2. The van der Waals surface area contributed by atoms with Crippen LogP contribution in [-0.2, 0) is 14.8 Å². The SMILES string of the molecule is CCCCC(NC(=O)c1coc(S(=O)(=O)N(C)C)c1)C(=O)O. The standard InChI is InChI=1S/C13H20N2O6S/c1-4-5-6-10(13(17)18)14-12(16)9-7-11(21-8-9)22(19,20)15(2)3/h7-8,10H,4-6H2,1-3H3,(H,14,16)(H,17,18). The van der Waals surface area contributed by atoms with Crippen LogP contribution in [0.25, 0.3) is 0 Å². The van der Waals surface area contributed by atoms with Gasteiger partial charge in [0.15, 0.2) is 0 Å². The van der Waals surface area contributed by atoms with E-state index in [1.54, 1.807) is 0 Å². The van der Waals surface area contributed by atoms with Crippen molar-refractivity contribution in [3.8, 4) is 0 Å². The van der Waals surface area contributed by atoms with Crippen molar-refractivity contribution < 1.29 is 27.5 Å². The zero-order chi connectivity index (χ0) is 16.9. The van der Waals surface area contributed by atoms with Gasteiger partial charge in [-0.25, -0.2) is 17.5 Å². The van der Waals surface area contributed by atoms with Crippen LogP contribution >= 0.6 is 0 Å². The Kier molecular flexibility index (Phi) is 6.12. The summed E-state index contributed by atoms with van der Waals surface area (Å²) in [5.41, 5.74) is -0.0387. The minimum Gasteiger partial charge on any atom is -0.480 e. The molecule has 0 saturated heterocycles. The molecule has 9 heteroatoms. The molecule has 1 rings (SSSR count). The Morgan fingerprint density at radius 2 is 2.05 bits per heavy atom. The molecule has 0 aromatic carbocycles. The molecule has 0 aliphatic heterocycles. The maximum absolute atomic E-state index is 12.0. The summed E-state index contributed by atoms with van der Waals surface area (Å²) in [6, 6.07) is 0.0555. The second-order valence-corrected chi connectivity index (χ2v) is 7.03. The number of carbonyl (C=O) groups is 2. The van der Waals surface area contributed by atoms with Gasteiger partial charge in [0.2, 0.25) is 5.09 Å². The van der Waals surface area contributed by atoms with E-state index in [2.05, 4.69) is 5.32 Å². The lowest BCUT2D eigenvalue weighted by Gasteiger charge is -2.13. The molecular formula is C13H20N2O6S. The zero-order valence-corrected chi connectivity index (χ0v) is 13.5. The van der Waals surface area contributed by atoms with E-state index >= 15 is 0 Å². The van der Waals surface area contributed by atoms with Gasteiger partial charge >= 0.3 is 5.97 Å². The van der Waals surface area contributed by atoms with Gasteiger partial charge in [-0.2, -0.15) is 0 Å². The minimum absolute atomic E-state index is 0.0387. The number of amides is 1. The number of carboxylic acid groups (broad SMARTS) is 1. The number of carboxylic acids is 1. The first-order valence-corrected chi connectivity index (χ1v) is 8.18. The Bertz CT molecular complexity index is 635. The molecule has 0 spiro atoms. The number of sulfonamides is 1. The van der Waals surface area contributed by atoms with E-state index in [0.29, 0.717) is 12.8 Å². The van der Waals surface area contributed by atoms with Crippen molar-refractivity contribution in [1.82, 2.24) is 9.62 Å². The van der Waals surface area contributed by atoms with Gasteiger partial charge in [0.05, 0.1) is 5.56 Å². The van der Waals surface area contributed by atoms with E-state index in [9.17, 15) is 18.0 Å². The van der Waals surface area contributed by atoms with Gasteiger partial charge in [-0.3, -0.25) is 4.79 Å². The first-order chi connectivity index (χ1) is 10.2. The summed E-state index contributed by atoms with van der Waals surface area (Å²) >= 11 is 0. The first kappa shape index (κ1) is 18.2. The lowest BCUT2D eigenvalue weighted by atomic mass is 10.1. The highest BCUT2D eigenvalue weighted by Crippen LogP contribution is 2.17. The zero-order valence-electron chi connectivity index (χ0n) is 12.7. The quantitative estimate of drug-likeness (QED) is 0.730. The van der Waals surface area contributed by atoms with Crippen molar-refractivity contribution in [3.63, 3.8) is 0 Å². The third kappa shape index (κ3) is 4.31. The van der Waals surface area contributed by atoms with E-state index < -0.39 is 27.9 Å². The van der Waals surface area contributed by atoms with Crippen molar-refractivity contribution in [1.29, 1.82) is 0 Å². The topological polar surface area (TPSA) is 117 Å². The number of unbranched alkanes of at least 4 members (excludes halogenated alkanes) is 1. The van der Waals surface area contributed by atoms with Gasteiger partial charge in [-0.1, -0.05) is 19.8 Å². The Labute approximate surface area is 129 Å². The molecule has 8 nitrogen and oxygen atoms in total. The first-order valence-electron chi connectivity index (χ1n) is 6.74. The normalized spacial score (nSPS) is 13.1. The minimum atomic E-state index is -3.78. The van der Waals surface area contributed by atoms with Crippen LogP contribution in [-0.4, -0.2) is 49.8 Å². The molecule has 124 valence electrons. The summed E-state index contributed by atoms with van der Waals surface area (Å²) in [5.74, 6) is -1.82. The Morgan fingerprint density at radius 3 is 2.55 bits per heavy atom. The molecule has 22 heavy (non-hydrogen) atoms. The van der Waals surface area contributed by atoms with Gasteiger partial charge in [-0.05, 0) is 6.42 Å². The number of aliphatic carboxylic acids is 1. The fraction of sp³-hybridized carbons (Fsp3) is 0.538. The van der Waals surface area contributed by atoms with Gasteiger partial charge in [-0.15, -0.1) is 0 Å².